The van der Waals surface area contributed by atoms with Crippen LogP contribution < -0.4 is 15.2 Å². The number of carbonyl (C=O) groups is 1. The number of sulfonamides is 1. The van der Waals surface area contributed by atoms with Crippen LogP contribution in [0.5, 0.6) is 5.75 Å². The largest absolute Gasteiger partial charge is 0.496 e. The van der Waals surface area contributed by atoms with Gasteiger partial charge in [-0.2, -0.15) is 0 Å². The maximum atomic E-state index is 12.7. The molecule has 3 N–H and O–H groups in total. The van der Waals surface area contributed by atoms with Gasteiger partial charge in [0.1, 0.15) is 5.75 Å². The summed E-state index contributed by atoms with van der Waals surface area (Å²) in [5.74, 6) is 0.419. The highest BCUT2D eigenvalue weighted by Crippen LogP contribution is 2.23. The monoisotopic (exact) mass is 390 g/mol. The lowest BCUT2D eigenvalue weighted by Gasteiger charge is -2.17. The van der Waals surface area contributed by atoms with Crippen molar-refractivity contribution in [1.82, 2.24) is 5.32 Å². The molecule has 0 aromatic heterocycles. The SMILES string of the molecule is COc1ccc(S(N)(=O)=O)cc1C(=O)NC(C)c1ccc(CC(C)C)cc1. The average Bonchev–Trinajstić information content (AvgIpc) is 2.60. The van der Waals surface area contributed by atoms with E-state index in [0.717, 1.165) is 12.0 Å². The highest BCUT2D eigenvalue weighted by molar-refractivity contribution is 7.89. The topological polar surface area (TPSA) is 98.5 Å². The van der Waals surface area contributed by atoms with Crippen LogP contribution in [0.2, 0.25) is 0 Å². The first-order valence-corrected chi connectivity index (χ1v) is 10.3. The number of carbonyl (C=O) groups excluding carboxylic acids is 1. The zero-order valence-electron chi connectivity index (χ0n) is 16.0. The molecule has 0 saturated carbocycles. The number of amides is 1. The molecule has 146 valence electrons. The molecule has 0 aliphatic heterocycles. The first-order chi connectivity index (χ1) is 12.6. The van der Waals surface area contributed by atoms with E-state index >= 15 is 0 Å². The summed E-state index contributed by atoms with van der Waals surface area (Å²) in [6.45, 7) is 6.20. The van der Waals surface area contributed by atoms with Gasteiger partial charge >= 0.3 is 0 Å². The molecule has 2 aromatic rings. The zero-order valence-corrected chi connectivity index (χ0v) is 16.8. The van der Waals surface area contributed by atoms with Gasteiger partial charge in [0.15, 0.2) is 0 Å². The van der Waals surface area contributed by atoms with Gasteiger partial charge in [0.05, 0.1) is 23.6 Å². The van der Waals surface area contributed by atoms with Crippen molar-refractivity contribution in [3.05, 3.63) is 59.2 Å². The molecule has 0 fully saturated rings. The number of nitrogens with two attached hydrogens (primary N) is 1. The van der Waals surface area contributed by atoms with E-state index < -0.39 is 15.9 Å². The fraction of sp³-hybridized carbons (Fsp3) is 0.350. The summed E-state index contributed by atoms with van der Waals surface area (Å²) in [7, 11) is -2.50. The van der Waals surface area contributed by atoms with E-state index in [-0.39, 0.29) is 22.3 Å². The quantitative estimate of drug-likeness (QED) is 0.759. The minimum atomic E-state index is -3.91. The zero-order chi connectivity index (χ0) is 20.2. The Balaban J connectivity index is 2.21. The van der Waals surface area contributed by atoms with Crippen LogP contribution in [0.25, 0.3) is 0 Å². The van der Waals surface area contributed by atoms with Gasteiger partial charge in [-0.1, -0.05) is 38.1 Å². The molecule has 27 heavy (non-hydrogen) atoms. The molecular formula is C20H26N2O4S. The summed E-state index contributed by atoms with van der Waals surface area (Å²) in [6, 6.07) is 11.8. The van der Waals surface area contributed by atoms with Gasteiger partial charge in [0, 0.05) is 0 Å². The number of rotatable bonds is 7. The van der Waals surface area contributed by atoms with Crippen LogP contribution in [-0.4, -0.2) is 21.4 Å². The summed E-state index contributed by atoms with van der Waals surface area (Å²) in [5.41, 5.74) is 2.32. The fourth-order valence-electron chi connectivity index (χ4n) is 2.81. The van der Waals surface area contributed by atoms with E-state index in [4.69, 9.17) is 9.88 Å². The molecule has 2 aromatic carbocycles. The molecule has 0 heterocycles. The number of hydrogen-bond donors (Lipinski definition) is 2. The second-order valence-electron chi connectivity index (χ2n) is 6.94. The van der Waals surface area contributed by atoms with Gasteiger partial charge in [-0.05, 0) is 48.6 Å². The normalized spacial score (nSPS) is 12.7. The van der Waals surface area contributed by atoms with Gasteiger partial charge in [0.25, 0.3) is 5.91 Å². The summed E-state index contributed by atoms with van der Waals surface area (Å²) >= 11 is 0. The van der Waals surface area contributed by atoms with Crippen molar-refractivity contribution in [3.63, 3.8) is 0 Å². The van der Waals surface area contributed by atoms with Crippen molar-refractivity contribution in [2.24, 2.45) is 11.1 Å². The molecule has 1 amide bonds. The molecule has 1 atom stereocenters. The Bertz CT molecular complexity index is 906. The van der Waals surface area contributed by atoms with Gasteiger partial charge in [-0.15, -0.1) is 0 Å². The van der Waals surface area contributed by atoms with E-state index in [1.165, 1.54) is 30.9 Å². The Kier molecular flexibility index (Phi) is 6.62. The Labute approximate surface area is 160 Å². The van der Waals surface area contributed by atoms with Crippen molar-refractivity contribution in [3.8, 4) is 5.75 Å². The van der Waals surface area contributed by atoms with Gasteiger partial charge in [0.2, 0.25) is 10.0 Å². The van der Waals surface area contributed by atoms with Crippen molar-refractivity contribution in [2.75, 3.05) is 7.11 Å². The molecule has 0 aliphatic carbocycles. The fourth-order valence-corrected chi connectivity index (χ4v) is 3.35. The minimum absolute atomic E-state index is 0.118. The van der Waals surface area contributed by atoms with Crippen molar-refractivity contribution in [2.45, 2.75) is 38.1 Å². The summed E-state index contributed by atoms with van der Waals surface area (Å²) in [4.78, 5) is 12.5. The molecule has 0 radical (unpaired) electrons. The Morgan fingerprint density at radius 2 is 1.74 bits per heavy atom. The second kappa shape index (κ2) is 8.54. The highest BCUT2D eigenvalue weighted by Gasteiger charge is 2.19. The first kappa shape index (κ1) is 20.9. The number of benzene rings is 2. The molecule has 0 saturated heterocycles. The standard InChI is InChI=1S/C20H26N2O4S/c1-13(2)11-15-5-7-16(8-6-15)14(3)22-20(23)18-12-17(27(21,24)25)9-10-19(18)26-4/h5-10,12-14H,11H2,1-4H3,(H,22,23)(H2,21,24,25). The predicted octanol–water partition coefficient (Wildman–Crippen LogP) is 3.03. The van der Waals surface area contributed by atoms with E-state index in [2.05, 4.69) is 31.3 Å². The van der Waals surface area contributed by atoms with Crippen LogP contribution in [0.15, 0.2) is 47.4 Å². The molecular weight excluding hydrogens is 364 g/mol. The molecule has 0 bridgehead atoms. The van der Waals surface area contributed by atoms with Crippen molar-refractivity contribution >= 4 is 15.9 Å². The molecule has 2 rings (SSSR count). The van der Waals surface area contributed by atoms with Crippen molar-refractivity contribution in [1.29, 1.82) is 0 Å². The van der Waals surface area contributed by atoms with Crippen LogP contribution in [0.4, 0.5) is 0 Å². The highest BCUT2D eigenvalue weighted by atomic mass is 32.2. The first-order valence-electron chi connectivity index (χ1n) is 8.72. The minimum Gasteiger partial charge on any atom is -0.496 e. The Morgan fingerprint density at radius 1 is 1.11 bits per heavy atom. The summed E-state index contributed by atoms with van der Waals surface area (Å²) in [6.07, 6.45) is 0.999. The molecule has 1 unspecified atom stereocenters. The van der Waals surface area contributed by atoms with E-state index in [1.807, 2.05) is 19.1 Å². The van der Waals surface area contributed by atoms with Crippen LogP contribution in [0.1, 0.15) is 48.3 Å². The van der Waals surface area contributed by atoms with Gasteiger partial charge in [-0.3, -0.25) is 4.79 Å². The Morgan fingerprint density at radius 3 is 2.26 bits per heavy atom. The number of methoxy groups -OCH3 is 1. The van der Waals surface area contributed by atoms with Crippen LogP contribution in [-0.2, 0) is 16.4 Å². The molecule has 0 spiro atoms. The van der Waals surface area contributed by atoms with Gasteiger partial charge in [-0.25, -0.2) is 13.6 Å². The van der Waals surface area contributed by atoms with Crippen LogP contribution >= 0.6 is 0 Å². The van der Waals surface area contributed by atoms with E-state index in [9.17, 15) is 13.2 Å². The maximum absolute atomic E-state index is 12.7. The second-order valence-corrected chi connectivity index (χ2v) is 8.50. The molecule has 7 heteroatoms. The lowest BCUT2D eigenvalue weighted by atomic mass is 10.00. The third-order valence-electron chi connectivity index (χ3n) is 4.22. The lowest BCUT2D eigenvalue weighted by Crippen LogP contribution is -2.27. The number of ether oxygens (including phenoxy) is 1. The van der Waals surface area contributed by atoms with Crippen molar-refractivity contribution < 1.29 is 17.9 Å². The predicted molar refractivity (Wildman–Crippen MR) is 105 cm³/mol. The van der Waals surface area contributed by atoms with Crippen LogP contribution in [0, 0.1) is 5.92 Å². The average molecular weight is 391 g/mol. The van der Waals surface area contributed by atoms with Crippen LogP contribution in [0.3, 0.4) is 0 Å². The van der Waals surface area contributed by atoms with E-state index in [1.54, 1.807) is 0 Å². The maximum Gasteiger partial charge on any atom is 0.255 e. The summed E-state index contributed by atoms with van der Waals surface area (Å²) in [5, 5.41) is 8.03. The smallest absolute Gasteiger partial charge is 0.255 e. The molecule has 0 aliphatic rings. The molecule has 6 nitrogen and oxygen atoms in total. The third-order valence-corrected chi connectivity index (χ3v) is 5.13. The van der Waals surface area contributed by atoms with E-state index in [0.29, 0.717) is 5.92 Å². The Hall–Kier alpha value is -2.38. The number of primary sulfonamides is 1. The number of nitrogens with one attached hydrogen (secondary N) is 1. The summed E-state index contributed by atoms with van der Waals surface area (Å²) < 4.78 is 28.3. The lowest BCUT2D eigenvalue weighted by molar-refractivity contribution is 0.0936. The number of hydrogen-bond acceptors (Lipinski definition) is 4. The van der Waals surface area contributed by atoms with Gasteiger partial charge < -0.3 is 10.1 Å². The third kappa shape index (κ3) is 5.55.